The van der Waals surface area contributed by atoms with Crippen LogP contribution in [0.1, 0.15) is 26.3 Å². The lowest BCUT2D eigenvalue weighted by Crippen LogP contribution is -2.36. The average Bonchev–Trinajstić information content (AvgIpc) is 2.37. The van der Waals surface area contributed by atoms with Gasteiger partial charge in [-0.3, -0.25) is 9.59 Å². The number of amides is 2. The molecule has 0 aromatic heterocycles. The third-order valence-electron chi connectivity index (χ3n) is 2.54. The maximum absolute atomic E-state index is 13.1. The van der Waals surface area contributed by atoms with Gasteiger partial charge in [-0.05, 0) is 30.7 Å². The normalized spacial score (nSPS) is 11.1. The van der Waals surface area contributed by atoms with Crippen molar-refractivity contribution in [3.8, 4) is 0 Å². The SMILES string of the molecule is Cc1cc(NC(=O)C(=O)NCCSC(C)(C)C)ccc1F. The van der Waals surface area contributed by atoms with E-state index in [4.69, 9.17) is 0 Å². The predicted octanol–water partition coefficient (Wildman–Crippen LogP) is 2.72. The molecule has 0 spiro atoms. The van der Waals surface area contributed by atoms with Crippen molar-refractivity contribution in [3.05, 3.63) is 29.6 Å². The van der Waals surface area contributed by atoms with Crippen molar-refractivity contribution in [2.75, 3.05) is 17.6 Å². The largest absolute Gasteiger partial charge is 0.347 e. The molecule has 4 nitrogen and oxygen atoms in total. The quantitative estimate of drug-likeness (QED) is 0.664. The summed E-state index contributed by atoms with van der Waals surface area (Å²) in [4.78, 5) is 23.3. The van der Waals surface area contributed by atoms with Gasteiger partial charge in [0.05, 0.1) is 0 Å². The van der Waals surface area contributed by atoms with E-state index in [1.165, 1.54) is 18.2 Å². The summed E-state index contributed by atoms with van der Waals surface area (Å²) >= 11 is 1.71. The van der Waals surface area contributed by atoms with Crippen LogP contribution < -0.4 is 10.6 Å². The van der Waals surface area contributed by atoms with E-state index in [-0.39, 0.29) is 10.6 Å². The smallest absolute Gasteiger partial charge is 0.313 e. The van der Waals surface area contributed by atoms with Crippen LogP contribution in [0.4, 0.5) is 10.1 Å². The van der Waals surface area contributed by atoms with Gasteiger partial charge in [0.15, 0.2) is 0 Å². The third-order valence-corrected chi connectivity index (χ3v) is 3.82. The van der Waals surface area contributed by atoms with E-state index in [9.17, 15) is 14.0 Å². The lowest BCUT2D eigenvalue weighted by atomic mass is 10.2. The Kier molecular flexibility index (Phi) is 6.20. The number of thioether (sulfide) groups is 1. The highest BCUT2D eigenvalue weighted by atomic mass is 32.2. The van der Waals surface area contributed by atoms with E-state index in [2.05, 4.69) is 31.4 Å². The number of hydrogen-bond donors (Lipinski definition) is 2. The first-order valence-corrected chi connectivity index (χ1v) is 7.67. The number of carbonyl (C=O) groups is 2. The minimum atomic E-state index is -0.748. The van der Waals surface area contributed by atoms with E-state index >= 15 is 0 Å². The van der Waals surface area contributed by atoms with Gasteiger partial charge in [-0.15, -0.1) is 0 Å². The van der Waals surface area contributed by atoms with Crippen LogP contribution in [-0.4, -0.2) is 28.9 Å². The Morgan fingerprint density at radius 3 is 2.48 bits per heavy atom. The van der Waals surface area contributed by atoms with Gasteiger partial charge < -0.3 is 10.6 Å². The molecule has 2 amide bonds. The average molecular weight is 312 g/mol. The van der Waals surface area contributed by atoms with Gasteiger partial charge in [0.25, 0.3) is 0 Å². The fourth-order valence-electron chi connectivity index (χ4n) is 1.51. The minimum Gasteiger partial charge on any atom is -0.347 e. The molecule has 0 saturated carbocycles. The second-order valence-electron chi connectivity index (χ2n) is 5.63. The number of rotatable bonds is 4. The highest BCUT2D eigenvalue weighted by molar-refractivity contribution is 8.00. The molecule has 0 saturated heterocycles. The van der Waals surface area contributed by atoms with Crippen LogP contribution >= 0.6 is 11.8 Å². The Bertz CT molecular complexity index is 527. The molecule has 6 heteroatoms. The molecule has 1 aromatic carbocycles. The molecular formula is C15H21FN2O2S. The van der Waals surface area contributed by atoms with Gasteiger partial charge in [-0.2, -0.15) is 11.8 Å². The number of carbonyl (C=O) groups excluding carboxylic acids is 2. The summed E-state index contributed by atoms with van der Waals surface area (Å²) in [6, 6.07) is 4.15. The number of hydrogen-bond acceptors (Lipinski definition) is 3. The number of nitrogens with one attached hydrogen (secondary N) is 2. The molecule has 0 aliphatic heterocycles. The van der Waals surface area contributed by atoms with E-state index in [1.54, 1.807) is 18.7 Å². The first-order valence-electron chi connectivity index (χ1n) is 6.68. The number of halogens is 1. The van der Waals surface area contributed by atoms with Gasteiger partial charge in [0.2, 0.25) is 0 Å². The van der Waals surface area contributed by atoms with Crippen molar-refractivity contribution in [1.82, 2.24) is 5.32 Å². The van der Waals surface area contributed by atoms with E-state index in [1.807, 2.05) is 0 Å². The zero-order chi connectivity index (χ0) is 16.0. The van der Waals surface area contributed by atoms with Crippen LogP contribution in [0.3, 0.4) is 0 Å². The first kappa shape index (κ1) is 17.5. The van der Waals surface area contributed by atoms with Crippen molar-refractivity contribution < 1.29 is 14.0 Å². The summed E-state index contributed by atoms with van der Waals surface area (Å²) in [5, 5.41) is 5.00. The number of anilines is 1. The van der Waals surface area contributed by atoms with Crippen LogP contribution in [0.2, 0.25) is 0 Å². The molecule has 0 aliphatic rings. The second kappa shape index (κ2) is 7.45. The second-order valence-corrected chi connectivity index (χ2v) is 7.56. The molecule has 2 N–H and O–H groups in total. The van der Waals surface area contributed by atoms with Crippen LogP contribution in [0, 0.1) is 12.7 Å². The molecule has 21 heavy (non-hydrogen) atoms. The molecule has 0 unspecified atom stereocenters. The number of aryl methyl sites for hydroxylation is 1. The van der Waals surface area contributed by atoms with Crippen LogP contribution in [0.25, 0.3) is 0 Å². The minimum absolute atomic E-state index is 0.124. The molecule has 0 fully saturated rings. The fraction of sp³-hybridized carbons (Fsp3) is 0.467. The fourth-order valence-corrected chi connectivity index (χ4v) is 2.33. The molecular weight excluding hydrogens is 291 g/mol. The summed E-state index contributed by atoms with van der Waals surface area (Å²) < 4.78 is 13.2. The Morgan fingerprint density at radius 2 is 1.90 bits per heavy atom. The molecule has 0 atom stereocenters. The summed E-state index contributed by atoms with van der Waals surface area (Å²) in [7, 11) is 0. The highest BCUT2D eigenvalue weighted by Crippen LogP contribution is 2.22. The topological polar surface area (TPSA) is 58.2 Å². The summed E-state index contributed by atoms with van der Waals surface area (Å²) in [5.74, 6) is -1.05. The standard InChI is InChI=1S/C15H21FN2O2S/c1-10-9-11(5-6-12(10)16)18-14(20)13(19)17-7-8-21-15(2,3)4/h5-6,9H,7-8H2,1-4H3,(H,17,19)(H,18,20). The van der Waals surface area contributed by atoms with Gasteiger partial charge in [0, 0.05) is 22.7 Å². The zero-order valence-corrected chi connectivity index (χ0v) is 13.6. The molecule has 1 rings (SSSR count). The molecule has 0 heterocycles. The predicted molar refractivity (Wildman–Crippen MR) is 85.0 cm³/mol. The molecule has 116 valence electrons. The summed E-state index contributed by atoms with van der Waals surface area (Å²) in [5.41, 5.74) is 0.813. The Balaban J connectivity index is 2.41. The van der Waals surface area contributed by atoms with Crippen molar-refractivity contribution in [2.24, 2.45) is 0 Å². The Morgan fingerprint density at radius 1 is 1.24 bits per heavy atom. The highest BCUT2D eigenvalue weighted by Gasteiger charge is 2.15. The first-order chi connectivity index (χ1) is 9.69. The lowest BCUT2D eigenvalue weighted by molar-refractivity contribution is -0.136. The zero-order valence-electron chi connectivity index (χ0n) is 12.7. The van der Waals surface area contributed by atoms with E-state index in [0.717, 1.165) is 5.75 Å². The molecule has 0 aliphatic carbocycles. The van der Waals surface area contributed by atoms with Crippen molar-refractivity contribution in [3.63, 3.8) is 0 Å². The van der Waals surface area contributed by atoms with E-state index in [0.29, 0.717) is 17.8 Å². The van der Waals surface area contributed by atoms with Gasteiger partial charge >= 0.3 is 11.8 Å². The van der Waals surface area contributed by atoms with Gasteiger partial charge in [-0.25, -0.2) is 4.39 Å². The third kappa shape index (κ3) is 6.62. The maximum atomic E-state index is 13.1. The Labute approximate surface area is 128 Å². The monoisotopic (exact) mass is 312 g/mol. The number of benzene rings is 1. The maximum Gasteiger partial charge on any atom is 0.313 e. The Hall–Kier alpha value is -1.56. The van der Waals surface area contributed by atoms with Crippen LogP contribution in [0.15, 0.2) is 18.2 Å². The summed E-state index contributed by atoms with van der Waals surface area (Å²) in [6.07, 6.45) is 0. The van der Waals surface area contributed by atoms with E-state index < -0.39 is 11.8 Å². The van der Waals surface area contributed by atoms with Gasteiger partial charge in [-0.1, -0.05) is 20.8 Å². The molecule has 1 aromatic rings. The lowest BCUT2D eigenvalue weighted by Gasteiger charge is -2.17. The van der Waals surface area contributed by atoms with Crippen LogP contribution in [0.5, 0.6) is 0 Å². The van der Waals surface area contributed by atoms with Crippen molar-refractivity contribution in [1.29, 1.82) is 0 Å². The van der Waals surface area contributed by atoms with Crippen molar-refractivity contribution >= 4 is 29.3 Å². The molecule has 0 radical (unpaired) electrons. The molecule has 0 bridgehead atoms. The van der Waals surface area contributed by atoms with Crippen molar-refractivity contribution in [2.45, 2.75) is 32.4 Å². The van der Waals surface area contributed by atoms with Gasteiger partial charge in [0.1, 0.15) is 5.82 Å². The van der Waals surface area contributed by atoms with Crippen LogP contribution in [-0.2, 0) is 9.59 Å². The summed E-state index contributed by atoms with van der Waals surface area (Å²) in [6.45, 7) is 8.28.